The molecule has 0 unspecified atom stereocenters. The quantitative estimate of drug-likeness (QED) is 0.779. The Bertz CT molecular complexity index is 464. The molecule has 0 aromatic carbocycles. The Morgan fingerprint density at radius 1 is 1.29 bits per heavy atom. The van der Waals surface area contributed by atoms with Crippen molar-refractivity contribution in [2.45, 2.75) is 19.9 Å². The summed E-state index contributed by atoms with van der Waals surface area (Å²) in [6, 6.07) is 3.02. The molecule has 4 nitrogen and oxygen atoms in total. The first-order valence-corrected chi connectivity index (χ1v) is 5.66. The van der Waals surface area contributed by atoms with E-state index in [1.54, 1.807) is 12.3 Å². The molecule has 0 spiro atoms. The van der Waals surface area contributed by atoms with Crippen LogP contribution in [0.5, 0.6) is 0 Å². The minimum Gasteiger partial charge on any atom is -0.340 e. The predicted molar refractivity (Wildman–Crippen MR) is 63.8 cm³/mol. The number of hydrogen-bond acceptors (Lipinski definition) is 3. The smallest absolute Gasteiger partial charge is 0.141 e. The molecule has 2 aromatic rings. The SMILES string of the molecule is CCCNCc1ncc(-c2ccc(F)cn2)[nH]1. The van der Waals surface area contributed by atoms with E-state index in [0.717, 1.165) is 24.5 Å². The van der Waals surface area contributed by atoms with Crippen molar-refractivity contribution in [2.24, 2.45) is 0 Å². The fourth-order valence-electron chi connectivity index (χ4n) is 1.50. The van der Waals surface area contributed by atoms with Crippen molar-refractivity contribution in [3.63, 3.8) is 0 Å². The first-order chi connectivity index (χ1) is 8.29. The van der Waals surface area contributed by atoms with Gasteiger partial charge >= 0.3 is 0 Å². The number of imidazole rings is 1. The van der Waals surface area contributed by atoms with Gasteiger partial charge in [0.15, 0.2) is 0 Å². The highest BCUT2D eigenvalue weighted by Crippen LogP contribution is 2.13. The largest absolute Gasteiger partial charge is 0.340 e. The molecule has 2 heterocycles. The van der Waals surface area contributed by atoms with Gasteiger partial charge in [-0.2, -0.15) is 0 Å². The number of nitrogens with zero attached hydrogens (tertiary/aromatic N) is 2. The standard InChI is InChI=1S/C12H15FN4/c1-2-5-14-8-12-16-7-11(17-12)10-4-3-9(13)6-15-10/h3-4,6-7,14H,2,5,8H2,1H3,(H,16,17). The van der Waals surface area contributed by atoms with Gasteiger partial charge in [0.25, 0.3) is 0 Å². The summed E-state index contributed by atoms with van der Waals surface area (Å²) < 4.78 is 12.7. The van der Waals surface area contributed by atoms with Gasteiger partial charge in [0.2, 0.25) is 0 Å². The van der Waals surface area contributed by atoms with Gasteiger partial charge in [-0.05, 0) is 25.1 Å². The van der Waals surface area contributed by atoms with Crippen molar-refractivity contribution in [3.05, 3.63) is 36.2 Å². The van der Waals surface area contributed by atoms with Gasteiger partial charge in [-0.25, -0.2) is 9.37 Å². The van der Waals surface area contributed by atoms with Crippen LogP contribution in [0.2, 0.25) is 0 Å². The molecular formula is C12H15FN4. The fraction of sp³-hybridized carbons (Fsp3) is 0.333. The van der Waals surface area contributed by atoms with Crippen molar-refractivity contribution in [1.29, 1.82) is 0 Å². The summed E-state index contributed by atoms with van der Waals surface area (Å²) in [5.41, 5.74) is 1.50. The third kappa shape index (κ3) is 3.10. The molecule has 2 rings (SSSR count). The number of aromatic nitrogens is 3. The molecule has 0 aliphatic carbocycles. The second-order valence-electron chi connectivity index (χ2n) is 3.78. The summed E-state index contributed by atoms with van der Waals surface area (Å²) in [6.07, 6.45) is 4.00. The lowest BCUT2D eigenvalue weighted by atomic mass is 10.3. The Balaban J connectivity index is 2.04. The summed E-state index contributed by atoms with van der Waals surface area (Å²) in [6.45, 7) is 3.78. The molecule has 90 valence electrons. The molecule has 0 bridgehead atoms. The van der Waals surface area contributed by atoms with Gasteiger partial charge in [0.05, 0.1) is 30.3 Å². The summed E-state index contributed by atoms with van der Waals surface area (Å²) in [4.78, 5) is 11.4. The highest BCUT2D eigenvalue weighted by atomic mass is 19.1. The Hall–Kier alpha value is -1.75. The molecule has 0 saturated carbocycles. The van der Waals surface area contributed by atoms with Crippen molar-refractivity contribution >= 4 is 0 Å². The average Bonchev–Trinajstić information content (AvgIpc) is 2.79. The molecule has 0 atom stereocenters. The summed E-state index contributed by atoms with van der Waals surface area (Å²) in [7, 11) is 0. The highest BCUT2D eigenvalue weighted by Gasteiger charge is 2.04. The van der Waals surface area contributed by atoms with Crippen molar-refractivity contribution in [3.8, 4) is 11.4 Å². The third-order valence-electron chi connectivity index (χ3n) is 2.35. The van der Waals surface area contributed by atoms with E-state index in [1.165, 1.54) is 12.3 Å². The number of pyridine rings is 1. The molecule has 0 amide bonds. The van der Waals surface area contributed by atoms with Gasteiger partial charge < -0.3 is 10.3 Å². The zero-order valence-corrected chi connectivity index (χ0v) is 9.70. The van der Waals surface area contributed by atoms with Crippen LogP contribution in [0, 0.1) is 5.82 Å². The number of H-pyrrole nitrogens is 1. The molecule has 5 heteroatoms. The van der Waals surface area contributed by atoms with Crippen LogP contribution in [0.4, 0.5) is 4.39 Å². The van der Waals surface area contributed by atoms with E-state index in [4.69, 9.17) is 0 Å². The lowest BCUT2D eigenvalue weighted by molar-refractivity contribution is 0.622. The van der Waals surface area contributed by atoms with Gasteiger partial charge in [0.1, 0.15) is 11.6 Å². The lowest BCUT2D eigenvalue weighted by Gasteiger charge is -1.99. The van der Waals surface area contributed by atoms with Gasteiger partial charge in [0, 0.05) is 0 Å². The molecule has 0 aliphatic rings. The maximum Gasteiger partial charge on any atom is 0.141 e. The molecule has 0 saturated heterocycles. The monoisotopic (exact) mass is 234 g/mol. The molecule has 0 fully saturated rings. The fourth-order valence-corrected chi connectivity index (χ4v) is 1.50. The van der Waals surface area contributed by atoms with E-state index < -0.39 is 0 Å². The van der Waals surface area contributed by atoms with Gasteiger partial charge in [-0.3, -0.25) is 4.98 Å². The van der Waals surface area contributed by atoms with Crippen LogP contribution < -0.4 is 5.32 Å². The van der Waals surface area contributed by atoms with E-state index in [1.807, 2.05) is 0 Å². The van der Waals surface area contributed by atoms with E-state index in [0.29, 0.717) is 12.2 Å². The third-order valence-corrected chi connectivity index (χ3v) is 2.35. The second-order valence-corrected chi connectivity index (χ2v) is 3.78. The topological polar surface area (TPSA) is 53.6 Å². The maximum atomic E-state index is 12.7. The second kappa shape index (κ2) is 5.54. The van der Waals surface area contributed by atoms with E-state index >= 15 is 0 Å². The molecule has 0 radical (unpaired) electrons. The van der Waals surface area contributed by atoms with Crippen LogP contribution in [-0.2, 0) is 6.54 Å². The van der Waals surface area contributed by atoms with E-state index in [2.05, 4.69) is 27.2 Å². The first kappa shape index (κ1) is 11.7. The number of halogens is 1. The average molecular weight is 234 g/mol. The molecule has 17 heavy (non-hydrogen) atoms. The van der Waals surface area contributed by atoms with Crippen LogP contribution in [0.1, 0.15) is 19.2 Å². The number of aromatic amines is 1. The van der Waals surface area contributed by atoms with Crippen molar-refractivity contribution in [1.82, 2.24) is 20.3 Å². The van der Waals surface area contributed by atoms with Crippen LogP contribution in [0.3, 0.4) is 0 Å². The minimum atomic E-state index is -0.335. The molecular weight excluding hydrogens is 219 g/mol. The normalized spacial score (nSPS) is 10.7. The first-order valence-electron chi connectivity index (χ1n) is 5.66. The summed E-state index contributed by atoms with van der Waals surface area (Å²) >= 11 is 0. The number of hydrogen-bond donors (Lipinski definition) is 2. The minimum absolute atomic E-state index is 0.335. The predicted octanol–water partition coefficient (Wildman–Crippen LogP) is 2.11. The molecule has 2 N–H and O–H groups in total. The lowest BCUT2D eigenvalue weighted by Crippen LogP contribution is -2.14. The van der Waals surface area contributed by atoms with Crippen LogP contribution >= 0.6 is 0 Å². The zero-order chi connectivity index (χ0) is 12.1. The Morgan fingerprint density at radius 3 is 2.88 bits per heavy atom. The Kier molecular flexibility index (Phi) is 3.82. The van der Waals surface area contributed by atoms with E-state index in [-0.39, 0.29) is 5.82 Å². The summed E-state index contributed by atoms with van der Waals surface area (Å²) in [5, 5.41) is 3.25. The highest BCUT2D eigenvalue weighted by molar-refractivity contribution is 5.52. The Labute approximate surface area is 99.3 Å². The van der Waals surface area contributed by atoms with Gasteiger partial charge in [-0.1, -0.05) is 6.92 Å². The van der Waals surface area contributed by atoms with Crippen molar-refractivity contribution < 1.29 is 4.39 Å². The molecule has 2 aromatic heterocycles. The van der Waals surface area contributed by atoms with Gasteiger partial charge in [-0.15, -0.1) is 0 Å². The molecule has 0 aliphatic heterocycles. The number of rotatable bonds is 5. The van der Waals surface area contributed by atoms with Crippen LogP contribution in [0.15, 0.2) is 24.5 Å². The summed E-state index contributed by atoms with van der Waals surface area (Å²) in [5.74, 6) is 0.526. The van der Waals surface area contributed by atoms with Crippen LogP contribution in [0.25, 0.3) is 11.4 Å². The van der Waals surface area contributed by atoms with Crippen LogP contribution in [-0.4, -0.2) is 21.5 Å². The van der Waals surface area contributed by atoms with E-state index in [9.17, 15) is 4.39 Å². The zero-order valence-electron chi connectivity index (χ0n) is 9.70. The maximum absolute atomic E-state index is 12.7. The van der Waals surface area contributed by atoms with Crippen molar-refractivity contribution in [2.75, 3.05) is 6.54 Å². The Morgan fingerprint density at radius 2 is 2.18 bits per heavy atom. The number of nitrogens with one attached hydrogen (secondary N) is 2.